The van der Waals surface area contributed by atoms with Crippen LogP contribution in [0.2, 0.25) is 0 Å². The second-order valence-corrected chi connectivity index (χ2v) is 4.41. The van der Waals surface area contributed by atoms with Crippen LogP contribution in [0.15, 0.2) is 18.2 Å². The minimum Gasteiger partial charge on any atom is -0.495 e. The molecule has 106 valence electrons. The number of aryl methyl sites for hydroxylation is 2. The molecule has 0 radical (unpaired) electrons. The Morgan fingerprint density at radius 1 is 1.45 bits per heavy atom. The Morgan fingerprint density at radius 2 is 2.20 bits per heavy atom. The fourth-order valence-corrected chi connectivity index (χ4v) is 1.97. The molecule has 1 aromatic heterocycles. The summed E-state index contributed by atoms with van der Waals surface area (Å²) >= 11 is 0. The summed E-state index contributed by atoms with van der Waals surface area (Å²) in [6.07, 6.45) is 0. The molecule has 0 saturated carbocycles. The SMILES string of the molecule is COc1ccc([N+](=O)[O-])cc1NCc1c(C)n[nH]c1C. The largest absolute Gasteiger partial charge is 0.495 e. The number of methoxy groups -OCH3 is 1. The Balaban J connectivity index is 2.24. The van der Waals surface area contributed by atoms with Crippen molar-refractivity contribution in [1.82, 2.24) is 10.2 Å². The Morgan fingerprint density at radius 3 is 2.75 bits per heavy atom. The molecule has 0 bridgehead atoms. The zero-order chi connectivity index (χ0) is 14.7. The zero-order valence-corrected chi connectivity index (χ0v) is 11.6. The lowest BCUT2D eigenvalue weighted by Crippen LogP contribution is -2.03. The number of ether oxygens (including phenoxy) is 1. The maximum Gasteiger partial charge on any atom is 0.271 e. The van der Waals surface area contributed by atoms with E-state index >= 15 is 0 Å². The van der Waals surface area contributed by atoms with Gasteiger partial charge in [-0.15, -0.1) is 0 Å². The number of anilines is 1. The molecule has 1 aromatic carbocycles. The highest BCUT2D eigenvalue weighted by Crippen LogP contribution is 2.29. The van der Waals surface area contributed by atoms with Gasteiger partial charge in [-0.1, -0.05) is 0 Å². The van der Waals surface area contributed by atoms with Crippen molar-refractivity contribution in [3.05, 3.63) is 45.3 Å². The molecule has 0 aliphatic carbocycles. The Hall–Kier alpha value is -2.57. The third-order valence-corrected chi connectivity index (χ3v) is 3.13. The minimum atomic E-state index is -0.432. The van der Waals surface area contributed by atoms with Crippen LogP contribution in [0.1, 0.15) is 17.0 Å². The van der Waals surface area contributed by atoms with Crippen LogP contribution in [-0.2, 0) is 6.54 Å². The highest BCUT2D eigenvalue weighted by Gasteiger charge is 2.12. The number of rotatable bonds is 5. The molecule has 2 N–H and O–H groups in total. The van der Waals surface area contributed by atoms with Crippen molar-refractivity contribution < 1.29 is 9.66 Å². The van der Waals surface area contributed by atoms with E-state index < -0.39 is 4.92 Å². The van der Waals surface area contributed by atoms with Crippen molar-refractivity contribution in [2.45, 2.75) is 20.4 Å². The standard InChI is InChI=1S/C13H16N4O3/c1-8-11(9(2)16-15-8)7-14-12-6-10(17(18)19)4-5-13(12)20-3/h4-6,14H,7H2,1-3H3,(H,15,16). The van der Waals surface area contributed by atoms with Crippen LogP contribution >= 0.6 is 0 Å². The zero-order valence-electron chi connectivity index (χ0n) is 11.6. The van der Waals surface area contributed by atoms with Crippen molar-refractivity contribution in [2.24, 2.45) is 0 Å². The van der Waals surface area contributed by atoms with E-state index in [-0.39, 0.29) is 5.69 Å². The molecular weight excluding hydrogens is 260 g/mol. The van der Waals surface area contributed by atoms with E-state index in [2.05, 4.69) is 15.5 Å². The van der Waals surface area contributed by atoms with Crippen LogP contribution in [0.5, 0.6) is 5.75 Å². The predicted octanol–water partition coefficient (Wildman–Crippen LogP) is 2.56. The number of non-ortho nitro benzene ring substituents is 1. The third-order valence-electron chi connectivity index (χ3n) is 3.13. The number of H-pyrrole nitrogens is 1. The molecule has 0 spiro atoms. The van der Waals surface area contributed by atoms with E-state index in [0.29, 0.717) is 18.0 Å². The summed E-state index contributed by atoms with van der Waals surface area (Å²) in [7, 11) is 1.53. The topological polar surface area (TPSA) is 93.1 Å². The normalized spacial score (nSPS) is 10.3. The summed E-state index contributed by atoms with van der Waals surface area (Å²) in [6.45, 7) is 4.36. The smallest absolute Gasteiger partial charge is 0.271 e. The van der Waals surface area contributed by atoms with Crippen molar-refractivity contribution in [2.75, 3.05) is 12.4 Å². The number of aromatic nitrogens is 2. The molecule has 2 rings (SSSR count). The number of nitrogens with one attached hydrogen (secondary N) is 2. The van der Waals surface area contributed by atoms with Crippen LogP contribution in [0.25, 0.3) is 0 Å². The van der Waals surface area contributed by atoms with Gasteiger partial charge in [-0.3, -0.25) is 15.2 Å². The number of nitrogens with zero attached hydrogens (tertiary/aromatic N) is 2. The molecule has 0 atom stereocenters. The second-order valence-electron chi connectivity index (χ2n) is 4.41. The minimum absolute atomic E-state index is 0.0222. The first-order chi connectivity index (χ1) is 9.52. The number of hydrogen-bond acceptors (Lipinski definition) is 5. The Kier molecular flexibility index (Phi) is 3.88. The van der Waals surface area contributed by atoms with Gasteiger partial charge in [-0.05, 0) is 19.9 Å². The first kappa shape index (κ1) is 13.9. The van der Waals surface area contributed by atoms with Crippen LogP contribution in [0.4, 0.5) is 11.4 Å². The summed E-state index contributed by atoms with van der Waals surface area (Å²) in [5, 5.41) is 21.0. The molecule has 7 nitrogen and oxygen atoms in total. The van der Waals surface area contributed by atoms with E-state index in [0.717, 1.165) is 17.0 Å². The lowest BCUT2D eigenvalue weighted by molar-refractivity contribution is -0.384. The maximum absolute atomic E-state index is 10.8. The monoisotopic (exact) mass is 276 g/mol. The van der Waals surface area contributed by atoms with Gasteiger partial charge in [-0.25, -0.2) is 0 Å². The molecule has 0 amide bonds. The lowest BCUT2D eigenvalue weighted by atomic mass is 10.2. The average Bonchev–Trinajstić information content (AvgIpc) is 2.75. The Bertz CT molecular complexity index is 617. The molecule has 1 heterocycles. The summed E-state index contributed by atoms with van der Waals surface area (Å²) < 4.78 is 5.20. The molecule has 20 heavy (non-hydrogen) atoms. The molecule has 7 heteroatoms. The quantitative estimate of drug-likeness (QED) is 0.646. The van der Waals surface area contributed by atoms with Crippen LogP contribution in [0, 0.1) is 24.0 Å². The van der Waals surface area contributed by atoms with E-state index in [4.69, 9.17) is 4.74 Å². The molecule has 2 aromatic rings. The predicted molar refractivity (Wildman–Crippen MR) is 75.0 cm³/mol. The van der Waals surface area contributed by atoms with Crippen molar-refractivity contribution in [3.63, 3.8) is 0 Å². The molecule has 0 saturated heterocycles. The summed E-state index contributed by atoms with van der Waals surface area (Å²) in [5.74, 6) is 0.564. The maximum atomic E-state index is 10.8. The van der Waals surface area contributed by atoms with Gasteiger partial charge < -0.3 is 10.1 Å². The van der Waals surface area contributed by atoms with Gasteiger partial charge >= 0.3 is 0 Å². The lowest BCUT2D eigenvalue weighted by Gasteiger charge is -2.11. The Labute approximate surface area is 116 Å². The van der Waals surface area contributed by atoms with Gasteiger partial charge in [0, 0.05) is 29.9 Å². The highest BCUT2D eigenvalue weighted by molar-refractivity contribution is 5.61. The van der Waals surface area contributed by atoms with Gasteiger partial charge in [0.05, 0.1) is 23.4 Å². The van der Waals surface area contributed by atoms with Crippen molar-refractivity contribution in [3.8, 4) is 5.75 Å². The third kappa shape index (κ3) is 2.71. The highest BCUT2D eigenvalue weighted by atomic mass is 16.6. The van der Waals surface area contributed by atoms with Crippen molar-refractivity contribution in [1.29, 1.82) is 0 Å². The van der Waals surface area contributed by atoms with Gasteiger partial charge in [0.1, 0.15) is 5.75 Å². The fourth-order valence-electron chi connectivity index (χ4n) is 1.97. The van der Waals surface area contributed by atoms with E-state index in [1.54, 1.807) is 6.07 Å². The van der Waals surface area contributed by atoms with Gasteiger partial charge in [0.15, 0.2) is 0 Å². The first-order valence-corrected chi connectivity index (χ1v) is 6.09. The second kappa shape index (κ2) is 5.60. The van der Waals surface area contributed by atoms with Crippen LogP contribution in [-0.4, -0.2) is 22.2 Å². The van der Waals surface area contributed by atoms with Crippen LogP contribution in [0.3, 0.4) is 0 Å². The summed E-state index contributed by atoms with van der Waals surface area (Å²) in [4.78, 5) is 10.4. The van der Waals surface area contributed by atoms with Gasteiger partial charge in [-0.2, -0.15) is 5.10 Å². The van der Waals surface area contributed by atoms with Crippen LogP contribution < -0.4 is 10.1 Å². The fraction of sp³-hybridized carbons (Fsp3) is 0.308. The molecular formula is C13H16N4O3. The van der Waals surface area contributed by atoms with E-state index in [1.165, 1.54) is 19.2 Å². The van der Waals surface area contributed by atoms with Gasteiger partial charge in [0.25, 0.3) is 5.69 Å². The number of nitro groups is 1. The van der Waals surface area contributed by atoms with E-state index in [9.17, 15) is 10.1 Å². The average molecular weight is 276 g/mol. The van der Waals surface area contributed by atoms with E-state index in [1.807, 2.05) is 13.8 Å². The summed E-state index contributed by atoms with van der Waals surface area (Å²) in [5.41, 5.74) is 3.52. The number of aromatic amines is 1. The molecule has 0 aliphatic rings. The van der Waals surface area contributed by atoms with Crippen molar-refractivity contribution >= 4 is 11.4 Å². The molecule has 0 aliphatic heterocycles. The molecule has 0 unspecified atom stereocenters. The number of hydrogen-bond donors (Lipinski definition) is 2. The number of benzene rings is 1. The summed E-state index contributed by atoms with van der Waals surface area (Å²) in [6, 6.07) is 4.46. The number of nitro benzene ring substituents is 1. The van der Waals surface area contributed by atoms with Gasteiger partial charge in [0.2, 0.25) is 0 Å². The first-order valence-electron chi connectivity index (χ1n) is 6.09. The molecule has 0 fully saturated rings.